The molecular weight excluding hydrogens is 226 g/mol. The zero-order valence-corrected chi connectivity index (χ0v) is 11.1. The molecule has 1 aliphatic heterocycles. The summed E-state index contributed by atoms with van der Waals surface area (Å²) in [6.45, 7) is 4.95. The number of nitrogens with one attached hydrogen (secondary N) is 1. The number of benzene rings is 1. The monoisotopic (exact) mass is 247 g/mol. The van der Waals surface area contributed by atoms with E-state index < -0.39 is 0 Å². The summed E-state index contributed by atoms with van der Waals surface area (Å²) in [6.07, 6.45) is 3.44. The van der Waals surface area contributed by atoms with Crippen LogP contribution in [-0.2, 0) is 0 Å². The number of anilines is 1. The lowest BCUT2D eigenvalue weighted by molar-refractivity contribution is 0.0635. The molecule has 0 aliphatic carbocycles. The fourth-order valence-corrected chi connectivity index (χ4v) is 2.52. The first-order valence-electron chi connectivity index (χ1n) is 6.51. The molecule has 4 heteroatoms. The molecule has 0 radical (unpaired) electrons. The van der Waals surface area contributed by atoms with Crippen LogP contribution in [0.4, 0.5) is 5.69 Å². The summed E-state index contributed by atoms with van der Waals surface area (Å²) in [5.41, 5.74) is 5.23. The number of aryl methyl sites for hydroxylation is 1. The number of rotatable bonds is 2. The van der Waals surface area contributed by atoms with Gasteiger partial charge in [-0.25, -0.2) is 0 Å². The van der Waals surface area contributed by atoms with Gasteiger partial charge < -0.3 is 10.3 Å². The smallest absolute Gasteiger partial charge is 0.254 e. The van der Waals surface area contributed by atoms with Crippen LogP contribution in [0.25, 0.3) is 0 Å². The van der Waals surface area contributed by atoms with Crippen molar-refractivity contribution in [2.24, 2.45) is 5.84 Å². The third-order valence-electron chi connectivity index (χ3n) is 3.69. The minimum Gasteiger partial charge on any atom is -0.336 e. The molecule has 0 spiro atoms. The first-order chi connectivity index (χ1) is 8.63. The SMILES string of the molecule is Cc1cc(C(=O)N2CCCCC2C)ccc1NN. The summed E-state index contributed by atoms with van der Waals surface area (Å²) >= 11 is 0. The van der Waals surface area contributed by atoms with Gasteiger partial charge in [0.2, 0.25) is 0 Å². The molecule has 0 aromatic heterocycles. The molecule has 0 saturated carbocycles. The molecule has 3 N–H and O–H groups in total. The summed E-state index contributed by atoms with van der Waals surface area (Å²) in [5, 5.41) is 0. The summed E-state index contributed by atoms with van der Waals surface area (Å²) in [5.74, 6) is 5.53. The van der Waals surface area contributed by atoms with E-state index in [2.05, 4.69) is 12.3 Å². The van der Waals surface area contributed by atoms with E-state index in [1.54, 1.807) is 0 Å². The van der Waals surface area contributed by atoms with Gasteiger partial charge in [-0.05, 0) is 56.9 Å². The van der Waals surface area contributed by atoms with Crippen molar-refractivity contribution in [3.8, 4) is 0 Å². The lowest BCUT2D eigenvalue weighted by Gasteiger charge is -2.33. The second kappa shape index (κ2) is 5.40. The van der Waals surface area contributed by atoms with Crippen molar-refractivity contribution >= 4 is 11.6 Å². The van der Waals surface area contributed by atoms with Crippen molar-refractivity contribution in [2.75, 3.05) is 12.0 Å². The largest absolute Gasteiger partial charge is 0.336 e. The molecule has 1 heterocycles. The highest BCUT2D eigenvalue weighted by Crippen LogP contribution is 2.21. The van der Waals surface area contributed by atoms with E-state index in [0.717, 1.165) is 36.2 Å². The number of amides is 1. The summed E-state index contributed by atoms with van der Waals surface area (Å²) < 4.78 is 0. The van der Waals surface area contributed by atoms with E-state index in [1.807, 2.05) is 30.0 Å². The Balaban J connectivity index is 2.20. The lowest BCUT2D eigenvalue weighted by atomic mass is 10.0. The summed E-state index contributed by atoms with van der Waals surface area (Å²) in [7, 11) is 0. The van der Waals surface area contributed by atoms with Crippen molar-refractivity contribution < 1.29 is 4.79 Å². The third kappa shape index (κ3) is 2.48. The Hall–Kier alpha value is -1.55. The Bertz CT molecular complexity index is 445. The van der Waals surface area contributed by atoms with Crippen LogP contribution < -0.4 is 11.3 Å². The fraction of sp³-hybridized carbons (Fsp3) is 0.500. The van der Waals surface area contributed by atoms with Crippen LogP contribution in [0.5, 0.6) is 0 Å². The number of hydrogen-bond acceptors (Lipinski definition) is 3. The quantitative estimate of drug-likeness (QED) is 0.622. The standard InChI is InChI=1S/C14H21N3O/c1-10-9-12(6-7-13(10)16-15)14(18)17-8-4-3-5-11(17)2/h6-7,9,11,16H,3-5,8,15H2,1-2H3. The normalized spacial score (nSPS) is 19.7. The fourth-order valence-electron chi connectivity index (χ4n) is 2.52. The molecule has 4 nitrogen and oxygen atoms in total. The van der Waals surface area contributed by atoms with Crippen molar-refractivity contribution in [1.29, 1.82) is 0 Å². The molecule has 18 heavy (non-hydrogen) atoms. The van der Waals surface area contributed by atoms with Gasteiger partial charge in [0.05, 0.1) is 5.69 Å². The van der Waals surface area contributed by atoms with Gasteiger partial charge in [0, 0.05) is 18.2 Å². The molecule has 98 valence electrons. The first kappa shape index (κ1) is 12.9. The number of piperidine rings is 1. The second-order valence-corrected chi connectivity index (χ2v) is 5.02. The lowest BCUT2D eigenvalue weighted by Crippen LogP contribution is -2.42. The van der Waals surface area contributed by atoms with Crippen LogP contribution >= 0.6 is 0 Å². The first-order valence-corrected chi connectivity index (χ1v) is 6.51. The van der Waals surface area contributed by atoms with Crippen LogP contribution in [-0.4, -0.2) is 23.4 Å². The maximum absolute atomic E-state index is 12.4. The number of nitrogens with zero attached hydrogens (tertiary/aromatic N) is 1. The van der Waals surface area contributed by atoms with Gasteiger partial charge in [-0.15, -0.1) is 0 Å². The average molecular weight is 247 g/mol. The number of carbonyl (C=O) groups excluding carboxylic acids is 1. The Morgan fingerprint density at radius 3 is 2.83 bits per heavy atom. The van der Waals surface area contributed by atoms with Crippen LogP contribution in [0.2, 0.25) is 0 Å². The number of hydrazine groups is 1. The van der Waals surface area contributed by atoms with E-state index in [4.69, 9.17) is 5.84 Å². The van der Waals surface area contributed by atoms with Gasteiger partial charge in [-0.1, -0.05) is 0 Å². The Labute approximate surface area is 108 Å². The highest BCUT2D eigenvalue weighted by atomic mass is 16.2. The third-order valence-corrected chi connectivity index (χ3v) is 3.69. The van der Waals surface area contributed by atoms with Gasteiger partial charge in [-0.2, -0.15) is 0 Å². The molecule has 1 unspecified atom stereocenters. The number of nitrogen functional groups attached to an aromatic ring is 1. The van der Waals surface area contributed by atoms with E-state index in [9.17, 15) is 4.79 Å². The Morgan fingerprint density at radius 1 is 1.44 bits per heavy atom. The van der Waals surface area contributed by atoms with Gasteiger partial charge in [0.1, 0.15) is 0 Å². The molecule has 1 fully saturated rings. The van der Waals surface area contributed by atoms with Crippen LogP contribution in [0, 0.1) is 6.92 Å². The number of hydrogen-bond donors (Lipinski definition) is 2. The van der Waals surface area contributed by atoms with Gasteiger partial charge >= 0.3 is 0 Å². The topological polar surface area (TPSA) is 58.4 Å². The molecule has 1 aromatic rings. The summed E-state index contributed by atoms with van der Waals surface area (Å²) in [6, 6.07) is 5.95. The van der Waals surface area contributed by atoms with E-state index in [1.165, 1.54) is 6.42 Å². The summed E-state index contributed by atoms with van der Waals surface area (Å²) in [4.78, 5) is 14.4. The van der Waals surface area contributed by atoms with Gasteiger partial charge in [0.15, 0.2) is 0 Å². The van der Waals surface area contributed by atoms with Crippen molar-refractivity contribution in [2.45, 2.75) is 39.2 Å². The Kier molecular flexibility index (Phi) is 3.87. The van der Waals surface area contributed by atoms with Crippen molar-refractivity contribution in [3.63, 3.8) is 0 Å². The molecule has 1 atom stereocenters. The zero-order valence-electron chi connectivity index (χ0n) is 11.1. The van der Waals surface area contributed by atoms with Crippen LogP contribution in [0.15, 0.2) is 18.2 Å². The molecule has 1 aromatic carbocycles. The van der Waals surface area contributed by atoms with Crippen molar-refractivity contribution in [1.82, 2.24) is 4.90 Å². The van der Waals surface area contributed by atoms with E-state index in [0.29, 0.717) is 6.04 Å². The van der Waals surface area contributed by atoms with Gasteiger partial charge in [-0.3, -0.25) is 10.6 Å². The predicted octanol–water partition coefficient (Wildman–Crippen LogP) is 2.30. The average Bonchev–Trinajstić information content (AvgIpc) is 2.38. The number of nitrogens with two attached hydrogens (primary N) is 1. The molecule has 0 bridgehead atoms. The highest BCUT2D eigenvalue weighted by Gasteiger charge is 2.24. The van der Waals surface area contributed by atoms with Crippen molar-refractivity contribution in [3.05, 3.63) is 29.3 Å². The van der Waals surface area contributed by atoms with E-state index in [-0.39, 0.29) is 5.91 Å². The van der Waals surface area contributed by atoms with Crippen LogP contribution in [0.3, 0.4) is 0 Å². The van der Waals surface area contributed by atoms with Crippen LogP contribution in [0.1, 0.15) is 42.1 Å². The number of likely N-dealkylation sites (tertiary alicyclic amines) is 1. The van der Waals surface area contributed by atoms with Gasteiger partial charge in [0.25, 0.3) is 5.91 Å². The molecular formula is C14H21N3O. The van der Waals surface area contributed by atoms with E-state index >= 15 is 0 Å². The molecule has 1 aliphatic rings. The Morgan fingerprint density at radius 2 is 2.22 bits per heavy atom. The molecule has 2 rings (SSSR count). The number of carbonyl (C=O) groups is 1. The zero-order chi connectivity index (χ0) is 13.1. The predicted molar refractivity (Wildman–Crippen MR) is 73.3 cm³/mol. The molecule has 1 saturated heterocycles. The molecule has 1 amide bonds. The maximum atomic E-state index is 12.4. The second-order valence-electron chi connectivity index (χ2n) is 5.02. The maximum Gasteiger partial charge on any atom is 0.254 e. The minimum atomic E-state index is 0.133. The highest BCUT2D eigenvalue weighted by molar-refractivity contribution is 5.95. The minimum absolute atomic E-state index is 0.133.